The lowest BCUT2D eigenvalue weighted by atomic mass is 9.71. The van der Waals surface area contributed by atoms with E-state index in [1.807, 2.05) is 13.8 Å². The topological polar surface area (TPSA) is 17.1 Å². The molecule has 0 N–H and O–H groups in total. The maximum Gasteiger partial charge on any atom is 0.141 e. The highest BCUT2D eigenvalue weighted by Gasteiger charge is 2.34. The molecule has 0 amide bonds. The molecule has 0 aromatic carbocycles. The number of hydrogen-bond donors (Lipinski definition) is 0. The lowest BCUT2D eigenvalue weighted by Crippen LogP contribution is -2.32. The molecule has 74 valence electrons. The third-order valence-electron chi connectivity index (χ3n) is 3.09. The molecule has 0 aromatic heterocycles. The first-order chi connectivity index (χ1) is 5.96. The molecule has 0 bridgehead atoms. The highest BCUT2D eigenvalue weighted by atomic mass is 16.1. The van der Waals surface area contributed by atoms with Gasteiger partial charge in [0.15, 0.2) is 0 Å². The van der Waals surface area contributed by atoms with Crippen molar-refractivity contribution in [3.05, 3.63) is 11.6 Å². The molecule has 0 heterocycles. The van der Waals surface area contributed by atoms with Crippen molar-refractivity contribution in [2.24, 2.45) is 11.3 Å². The van der Waals surface area contributed by atoms with Crippen molar-refractivity contribution in [2.45, 2.75) is 47.0 Å². The van der Waals surface area contributed by atoms with Gasteiger partial charge >= 0.3 is 0 Å². The molecule has 1 unspecified atom stereocenters. The second-order valence-corrected chi connectivity index (χ2v) is 4.83. The van der Waals surface area contributed by atoms with E-state index in [9.17, 15) is 4.79 Å². The molecule has 1 aliphatic carbocycles. The zero-order valence-electron chi connectivity index (χ0n) is 9.18. The summed E-state index contributed by atoms with van der Waals surface area (Å²) in [7, 11) is 0. The Morgan fingerprint density at radius 1 is 1.54 bits per heavy atom. The standard InChI is InChI=1S/C12H20O/c1-9(2)11(13)12(4)7-5-10(3)6-8-12/h5,9H,6-8H2,1-4H3. The van der Waals surface area contributed by atoms with E-state index in [0.29, 0.717) is 5.78 Å². The molecule has 0 fully saturated rings. The van der Waals surface area contributed by atoms with Gasteiger partial charge in [0.1, 0.15) is 5.78 Å². The van der Waals surface area contributed by atoms with Crippen LogP contribution in [-0.4, -0.2) is 5.78 Å². The Bertz CT molecular complexity index is 238. The van der Waals surface area contributed by atoms with Gasteiger partial charge in [0.05, 0.1) is 0 Å². The van der Waals surface area contributed by atoms with Crippen molar-refractivity contribution in [3.8, 4) is 0 Å². The van der Waals surface area contributed by atoms with Gasteiger partial charge in [0, 0.05) is 11.3 Å². The molecule has 0 aromatic rings. The first-order valence-electron chi connectivity index (χ1n) is 5.16. The predicted molar refractivity (Wildman–Crippen MR) is 55.6 cm³/mol. The summed E-state index contributed by atoms with van der Waals surface area (Å²) in [6.45, 7) is 8.26. The highest BCUT2D eigenvalue weighted by molar-refractivity contribution is 5.86. The maximum absolute atomic E-state index is 11.9. The van der Waals surface area contributed by atoms with Gasteiger partial charge in [-0.1, -0.05) is 32.4 Å². The molecule has 0 saturated heterocycles. The Labute approximate surface area is 81.2 Å². The minimum Gasteiger partial charge on any atom is -0.299 e. The van der Waals surface area contributed by atoms with Crippen LogP contribution in [0.4, 0.5) is 0 Å². The lowest BCUT2D eigenvalue weighted by Gasteiger charge is -2.32. The van der Waals surface area contributed by atoms with Gasteiger partial charge in [-0.15, -0.1) is 0 Å². The van der Waals surface area contributed by atoms with Crippen LogP contribution in [0, 0.1) is 11.3 Å². The maximum atomic E-state index is 11.9. The smallest absolute Gasteiger partial charge is 0.141 e. The van der Waals surface area contributed by atoms with Crippen LogP contribution in [0.3, 0.4) is 0 Å². The summed E-state index contributed by atoms with van der Waals surface area (Å²) < 4.78 is 0. The van der Waals surface area contributed by atoms with E-state index in [-0.39, 0.29) is 11.3 Å². The van der Waals surface area contributed by atoms with Gasteiger partial charge in [-0.3, -0.25) is 4.79 Å². The molecule has 0 aliphatic heterocycles. The summed E-state index contributed by atoms with van der Waals surface area (Å²) in [4.78, 5) is 11.9. The van der Waals surface area contributed by atoms with E-state index in [1.165, 1.54) is 5.57 Å². The number of carbonyl (C=O) groups excluding carboxylic acids is 1. The zero-order valence-corrected chi connectivity index (χ0v) is 9.18. The van der Waals surface area contributed by atoms with Crippen LogP contribution in [0.15, 0.2) is 11.6 Å². The summed E-state index contributed by atoms with van der Waals surface area (Å²) in [5.74, 6) is 0.605. The second kappa shape index (κ2) is 3.65. The number of Topliss-reactive ketones (excluding diaryl/α,β-unsaturated/α-hetero) is 1. The highest BCUT2D eigenvalue weighted by Crippen LogP contribution is 2.37. The summed E-state index contributed by atoms with van der Waals surface area (Å²) in [6.07, 6.45) is 5.29. The van der Waals surface area contributed by atoms with E-state index in [0.717, 1.165) is 19.3 Å². The van der Waals surface area contributed by atoms with Crippen molar-refractivity contribution < 1.29 is 4.79 Å². The number of allylic oxidation sites excluding steroid dienone is 2. The van der Waals surface area contributed by atoms with Crippen LogP contribution in [0.1, 0.15) is 47.0 Å². The van der Waals surface area contributed by atoms with Gasteiger partial charge in [0.25, 0.3) is 0 Å². The molecule has 0 spiro atoms. The van der Waals surface area contributed by atoms with E-state index in [4.69, 9.17) is 0 Å². The van der Waals surface area contributed by atoms with Crippen molar-refractivity contribution >= 4 is 5.78 Å². The molecule has 1 heteroatoms. The monoisotopic (exact) mass is 180 g/mol. The van der Waals surface area contributed by atoms with Crippen molar-refractivity contribution in [2.75, 3.05) is 0 Å². The van der Waals surface area contributed by atoms with E-state index >= 15 is 0 Å². The normalized spacial score (nSPS) is 28.8. The minimum absolute atomic E-state index is 0.0757. The van der Waals surface area contributed by atoms with Gasteiger partial charge in [-0.25, -0.2) is 0 Å². The van der Waals surface area contributed by atoms with Crippen LogP contribution in [-0.2, 0) is 4.79 Å². The molecule has 0 radical (unpaired) electrons. The zero-order chi connectivity index (χ0) is 10.1. The number of ketones is 1. The average Bonchev–Trinajstić information content (AvgIpc) is 2.09. The largest absolute Gasteiger partial charge is 0.299 e. The van der Waals surface area contributed by atoms with Gasteiger partial charge in [-0.05, 0) is 26.2 Å². The number of rotatable bonds is 2. The molecule has 1 nitrogen and oxygen atoms in total. The Kier molecular flexibility index (Phi) is 2.94. The minimum atomic E-state index is -0.0757. The molecule has 1 atom stereocenters. The van der Waals surface area contributed by atoms with Crippen LogP contribution in [0.2, 0.25) is 0 Å². The quantitative estimate of drug-likeness (QED) is 0.596. The summed E-state index contributed by atoms with van der Waals surface area (Å²) in [5.41, 5.74) is 1.36. The Morgan fingerprint density at radius 2 is 2.15 bits per heavy atom. The van der Waals surface area contributed by atoms with Crippen LogP contribution >= 0.6 is 0 Å². The Morgan fingerprint density at radius 3 is 2.54 bits per heavy atom. The van der Waals surface area contributed by atoms with Crippen LogP contribution in [0.25, 0.3) is 0 Å². The van der Waals surface area contributed by atoms with Crippen molar-refractivity contribution in [1.29, 1.82) is 0 Å². The molecule has 1 rings (SSSR count). The van der Waals surface area contributed by atoms with Crippen LogP contribution in [0.5, 0.6) is 0 Å². The number of carbonyl (C=O) groups is 1. The van der Waals surface area contributed by atoms with Crippen molar-refractivity contribution in [1.82, 2.24) is 0 Å². The van der Waals surface area contributed by atoms with E-state index in [1.54, 1.807) is 0 Å². The van der Waals surface area contributed by atoms with E-state index in [2.05, 4.69) is 19.9 Å². The molecule has 0 saturated carbocycles. The fourth-order valence-corrected chi connectivity index (χ4v) is 2.00. The third kappa shape index (κ3) is 2.20. The Hall–Kier alpha value is -0.590. The van der Waals surface area contributed by atoms with Gasteiger partial charge < -0.3 is 0 Å². The molecular weight excluding hydrogens is 160 g/mol. The SMILES string of the molecule is CC1=CCC(C)(C(=O)C(C)C)CC1. The number of hydrogen-bond acceptors (Lipinski definition) is 1. The van der Waals surface area contributed by atoms with Crippen molar-refractivity contribution in [3.63, 3.8) is 0 Å². The average molecular weight is 180 g/mol. The summed E-state index contributed by atoms with van der Waals surface area (Å²) in [6, 6.07) is 0. The summed E-state index contributed by atoms with van der Waals surface area (Å²) in [5, 5.41) is 0. The second-order valence-electron chi connectivity index (χ2n) is 4.83. The molecule has 1 aliphatic rings. The first kappa shape index (κ1) is 10.5. The lowest BCUT2D eigenvalue weighted by molar-refractivity contribution is -0.131. The Balaban J connectivity index is 2.74. The van der Waals surface area contributed by atoms with Crippen LogP contribution < -0.4 is 0 Å². The fourth-order valence-electron chi connectivity index (χ4n) is 2.00. The van der Waals surface area contributed by atoms with Gasteiger partial charge in [0.2, 0.25) is 0 Å². The third-order valence-corrected chi connectivity index (χ3v) is 3.09. The molecule has 13 heavy (non-hydrogen) atoms. The first-order valence-corrected chi connectivity index (χ1v) is 5.16. The summed E-state index contributed by atoms with van der Waals surface area (Å²) >= 11 is 0. The van der Waals surface area contributed by atoms with E-state index < -0.39 is 0 Å². The predicted octanol–water partition coefficient (Wildman–Crippen LogP) is 3.35. The van der Waals surface area contributed by atoms with Gasteiger partial charge in [-0.2, -0.15) is 0 Å². The fraction of sp³-hybridized carbons (Fsp3) is 0.750. The molecular formula is C12H20O.